The molecule has 1 fully saturated rings. The molecule has 1 aliphatic rings. The van der Waals surface area contributed by atoms with Crippen molar-refractivity contribution >= 4 is 39.3 Å². The Morgan fingerprint density at radius 2 is 2.17 bits per heavy atom. The van der Waals surface area contributed by atoms with Gasteiger partial charge < -0.3 is 5.32 Å². The topological polar surface area (TPSA) is 45.2 Å². The van der Waals surface area contributed by atoms with Crippen LogP contribution in [0.3, 0.4) is 0 Å². The Bertz CT molecular complexity index is 708. The SMILES string of the molecule is O=C(Nc1ccc(Cl)cn1)C1CCCN(Cc2ccccc2Br)C1. The number of rotatable bonds is 4. The van der Waals surface area contributed by atoms with Crippen molar-refractivity contribution in [3.8, 4) is 0 Å². The van der Waals surface area contributed by atoms with Crippen molar-refractivity contribution in [3.63, 3.8) is 0 Å². The number of amides is 1. The average Bonchev–Trinajstić information content (AvgIpc) is 2.59. The zero-order valence-electron chi connectivity index (χ0n) is 13.2. The van der Waals surface area contributed by atoms with E-state index in [1.807, 2.05) is 12.1 Å². The summed E-state index contributed by atoms with van der Waals surface area (Å²) in [5.41, 5.74) is 1.25. The summed E-state index contributed by atoms with van der Waals surface area (Å²) in [5, 5.41) is 3.45. The van der Waals surface area contributed by atoms with Gasteiger partial charge in [0.25, 0.3) is 0 Å². The second kappa shape index (κ2) is 8.10. The lowest BCUT2D eigenvalue weighted by Crippen LogP contribution is -2.40. The molecule has 0 spiro atoms. The number of likely N-dealkylation sites (tertiary alicyclic amines) is 1. The monoisotopic (exact) mass is 407 g/mol. The highest BCUT2D eigenvalue weighted by molar-refractivity contribution is 9.10. The molecule has 1 atom stereocenters. The van der Waals surface area contributed by atoms with Crippen molar-refractivity contribution in [2.24, 2.45) is 5.92 Å². The number of hydrogen-bond acceptors (Lipinski definition) is 3. The first-order chi connectivity index (χ1) is 11.6. The number of aromatic nitrogens is 1. The van der Waals surface area contributed by atoms with Gasteiger partial charge in [0.15, 0.2) is 0 Å². The Morgan fingerprint density at radius 3 is 2.92 bits per heavy atom. The van der Waals surface area contributed by atoms with Crippen molar-refractivity contribution < 1.29 is 4.79 Å². The van der Waals surface area contributed by atoms with Crippen molar-refractivity contribution in [3.05, 3.63) is 57.7 Å². The molecular weight excluding hydrogens is 390 g/mol. The van der Waals surface area contributed by atoms with E-state index in [0.717, 1.165) is 36.9 Å². The molecule has 24 heavy (non-hydrogen) atoms. The quantitative estimate of drug-likeness (QED) is 0.818. The number of piperidine rings is 1. The van der Waals surface area contributed by atoms with Crippen molar-refractivity contribution in [1.82, 2.24) is 9.88 Å². The lowest BCUT2D eigenvalue weighted by Gasteiger charge is -2.32. The Kier molecular flexibility index (Phi) is 5.87. The van der Waals surface area contributed by atoms with Gasteiger partial charge in [0, 0.05) is 23.8 Å². The molecule has 2 heterocycles. The van der Waals surface area contributed by atoms with Crippen LogP contribution in [0.25, 0.3) is 0 Å². The Labute approximate surface area is 155 Å². The molecule has 3 rings (SSSR count). The Morgan fingerprint density at radius 1 is 1.33 bits per heavy atom. The number of anilines is 1. The fourth-order valence-corrected chi connectivity index (χ4v) is 3.48. The van der Waals surface area contributed by atoms with Gasteiger partial charge in [-0.25, -0.2) is 4.98 Å². The summed E-state index contributed by atoms with van der Waals surface area (Å²) in [6.07, 6.45) is 3.47. The van der Waals surface area contributed by atoms with Crippen molar-refractivity contribution in [1.29, 1.82) is 0 Å². The van der Waals surface area contributed by atoms with Gasteiger partial charge in [-0.2, -0.15) is 0 Å². The third kappa shape index (κ3) is 4.56. The summed E-state index contributed by atoms with van der Waals surface area (Å²) >= 11 is 9.41. The predicted molar refractivity (Wildman–Crippen MR) is 100 cm³/mol. The van der Waals surface area contributed by atoms with Crippen LogP contribution >= 0.6 is 27.5 Å². The van der Waals surface area contributed by atoms with Gasteiger partial charge in [-0.3, -0.25) is 9.69 Å². The van der Waals surface area contributed by atoms with Gasteiger partial charge in [-0.05, 0) is 43.1 Å². The van der Waals surface area contributed by atoms with Gasteiger partial charge in [-0.15, -0.1) is 0 Å². The van der Waals surface area contributed by atoms with Crippen LogP contribution in [-0.4, -0.2) is 28.9 Å². The first-order valence-corrected chi connectivity index (χ1v) is 9.17. The van der Waals surface area contributed by atoms with Gasteiger partial charge in [0.1, 0.15) is 5.82 Å². The summed E-state index contributed by atoms with van der Waals surface area (Å²) in [6.45, 7) is 2.63. The van der Waals surface area contributed by atoms with Crippen LogP contribution in [0.15, 0.2) is 47.1 Å². The maximum Gasteiger partial charge on any atom is 0.229 e. The number of carbonyl (C=O) groups is 1. The minimum absolute atomic E-state index is 0.0151. The highest BCUT2D eigenvalue weighted by Crippen LogP contribution is 2.23. The molecule has 4 nitrogen and oxygen atoms in total. The predicted octanol–water partition coefficient (Wildman–Crippen LogP) is 4.35. The molecule has 6 heteroatoms. The van der Waals surface area contributed by atoms with Gasteiger partial charge in [0.2, 0.25) is 5.91 Å². The molecule has 1 saturated heterocycles. The Balaban J connectivity index is 1.59. The molecule has 126 valence electrons. The fraction of sp³-hybridized carbons (Fsp3) is 0.333. The third-order valence-electron chi connectivity index (χ3n) is 4.21. The van der Waals surface area contributed by atoms with Crippen LogP contribution in [0.2, 0.25) is 5.02 Å². The molecule has 2 aromatic rings. The van der Waals surface area contributed by atoms with E-state index in [0.29, 0.717) is 10.8 Å². The minimum Gasteiger partial charge on any atom is -0.310 e. The van der Waals surface area contributed by atoms with E-state index in [2.05, 4.69) is 43.3 Å². The highest BCUT2D eigenvalue weighted by Gasteiger charge is 2.26. The van der Waals surface area contributed by atoms with E-state index in [1.54, 1.807) is 12.1 Å². The van der Waals surface area contributed by atoms with Crippen LogP contribution < -0.4 is 5.32 Å². The minimum atomic E-state index is -0.0151. The number of benzene rings is 1. The molecule has 0 saturated carbocycles. The van der Waals surface area contributed by atoms with Crippen LogP contribution in [0, 0.1) is 5.92 Å². The number of halogens is 2. The van der Waals surface area contributed by atoms with Crippen molar-refractivity contribution in [2.45, 2.75) is 19.4 Å². The Hall–Kier alpha value is -1.43. The second-order valence-corrected chi connectivity index (χ2v) is 7.31. The molecule has 0 radical (unpaired) electrons. The fourth-order valence-electron chi connectivity index (χ4n) is 2.96. The van der Waals surface area contributed by atoms with Gasteiger partial charge in [-0.1, -0.05) is 45.7 Å². The molecular formula is C18H19BrClN3O. The van der Waals surface area contributed by atoms with Gasteiger partial charge >= 0.3 is 0 Å². The zero-order valence-corrected chi connectivity index (χ0v) is 15.6. The number of pyridine rings is 1. The first-order valence-electron chi connectivity index (χ1n) is 8.00. The average molecular weight is 409 g/mol. The molecule has 1 unspecified atom stereocenters. The van der Waals surface area contributed by atoms with Crippen LogP contribution in [-0.2, 0) is 11.3 Å². The smallest absolute Gasteiger partial charge is 0.229 e. The lowest BCUT2D eigenvalue weighted by atomic mass is 9.96. The molecule has 1 aromatic carbocycles. The van der Waals surface area contributed by atoms with Crippen LogP contribution in [0.4, 0.5) is 5.82 Å². The number of nitrogens with one attached hydrogen (secondary N) is 1. The highest BCUT2D eigenvalue weighted by atomic mass is 79.9. The lowest BCUT2D eigenvalue weighted by molar-refractivity contribution is -0.121. The molecule has 0 bridgehead atoms. The zero-order chi connectivity index (χ0) is 16.9. The van der Waals surface area contributed by atoms with Crippen molar-refractivity contribution in [2.75, 3.05) is 18.4 Å². The summed E-state index contributed by atoms with van der Waals surface area (Å²) in [5.74, 6) is 0.563. The maximum atomic E-state index is 12.5. The van der Waals surface area contributed by atoms with E-state index >= 15 is 0 Å². The van der Waals surface area contributed by atoms with Crippen LogP contribution in [0.1, 0.15) is 18.4 Å². The number of carbonyl (C=O) groups excluding carboxylic acids is 1. The first kappa shape index (κ1) is 17.4. The third-order valence-corrected chi connectivity index (χ3v) is 5.20. The summed E-state index contributed by atoms with van der Waals surface area (Å²) in [6, 6.07) is 11.7. The normalized spacial score (nSPS) is 18.3. The van der Waals surface area contributed by atoms with E-state index in [1.165, 1.54) is 11.8 Å². The van der Waals surface area contributed by atoms with E-state index in [9.17, 15) is 4.79 Å². The largest absolute Gasteiger partial charge is 0.310 e. The van der Waals surface area contributed by atoms with E-state index < -0.39 is 0 Å². The van der Waals surface area contributed by atoms with E-state index in [4.69, 9.17) is 11.6 Å². The summed E-state index contributed by atoms with van der Waals surface area (Å²) in [4.78, 5) is 19.0. The molecule has 1 N–H and O–H groups in total. The molecule has 0 aliphatic carbocycles. The molecule has 1 amide bonds. The second-order valence-electron chi connectivity index (χ2n) is 6.02. The number of hydrogen-bond donors (Lipinski definition) is 1. The number of nitrogens with zero attached hydrogens (tertiary/aromatic N) is 2. The van der Waals surface area contributed by atoms with E-state index in [-0.39, 0.29) is 11.8 Å². The standard InChI is InChI=1S/C18H19BrClN3O/c19-16-6-2-1-4-13(16)11-23-9-3-5-14(12-23)18(24)22-17-8-7-15(20)10-21-17/h1-2,4,6-8,10,14H,3,5,9,11-12H2,(H,21,22,24). The van der Waals surface area contributed by atoms with Crippen LogP contribution in [0.5, 0.6) is 0 Å². The summed E-state index contributed by atoms with van der Waals surface area (Å²) < 4.78 is 1.11. The molecule has 1 aromatic heterocycles. The summed E-state index contributed by atoms with van der Waals surface area (Å²) in [7, 11) is 0. The molecule has 1 aliphatic heterocycles. The maximum absolute atomic E-state index is 12.5. The van der Waals surface area contributed by atoms with Gasteiger partial charge in [0.05, 0.1) is 10.9 Å².